The average Bonchev–Trinajstić information content (AvgIpc) is 2.79. The molecule has 1 aromatic heterocycles. The summed E-state index contributed by atoms with van der Waals surface area (Å²) in [5.41, 5.74) is 9.71. The third-order valence-electron chi connectivity index (χ3n) is 3.07. The summed E-state index contributed by atoms with van der Waals surface area (Å²) in [7, 11) is 0. The van der Waals surface area contributed by atoms with Gasteiger partial charge in [0.1, 0.15) is 0 Å². The van der Waals surface area contributed by atoms with Crippen LogP contribution in [0.3, 0.4) is 0 Å². The van der Waals surface area contributed by atoms with Crippen LogP contribution in [0.15, 0.2) is 24.4 Å². The lowest BCUT2D eigenvalue weighted by Crippen LogP contribution is -1.96. The van der Waals surface area contributed by atoms with E-state index in [1.807, 2.05) is 18.3 Å². The Bertz CT molecular complexity index is 581. The van der Waals surface area contributed by atoms with E-state index in [0.29, 0.717) is 10.7 Å². The Morgan fingerprint density at radius 1 is 1.24 bits per heavy atom. The monoisotopic (exact) mass is 245 g/mol. The van der Waals surface area contributed by atoms with Crippen molar-refractivity contribution in [1.82, 2.24) is 9.97 Å². The minimum absolute atomic E-state index is 0.563. The van der Waals surface area contributed by atoms with Crippen LogP contribution in [0.1, 0.15) is 17.7 Å². The molecule has 0 bridgehead atoms. The number of hydrogen-bond donors (Lipinski definition) is 1. The van der Waals surface area contributed by atoms with Gasteiger partial charge in [0, 0.05) is 17.5 Å². The van der Waals surface area contributed by atoms with Gasteiger partial charge in [-0.15, -0.1) is 0 Å². The van der Waals surface area contributed by atoms with Crippen molar-refractivity contribution in [3.8, 4) is 11.4 Å². The molecule has 0 fully saturated rings. The third kappa shape index (κ3) is 1.87. The number of anilines is 1. The standard InChI is InChI=1S/C13H12ClN3/c14-10-5-4-8(6-11(10)15)13-16-7-9-2-1-3-12(9)17-13/h4-7H,1-3,15H2. The maximum Gasteiger partial charge on any atom is 0.159 e. The van der Waals surface area contributed by atoms with Crippen LogP contribution in [0.5, 0.6) is 0 Å². The molecule has 17 heavy (non-hydrogen) atoms. The van der Waals surface area contributed by atoms with Gasteiger partial charge in [0.15, 0.2) is 5.82 Å². The number of nitrogen functional groups attached to an aromatic ring is 1. The predicted octanol–water partition coefficient (Wildman–Crippen LogP) is 2.87. The number of fused-ring (bicyclic) bond motifs is 1. The fourth-order valence-electron chi connectivity index (χ4n) is 2.14. The highest BCUT2D eigenvalue weighted by Crippen LogP contribution is 2.26. The van der Waals surface area contributed by atoms with Gasteiger partial charge in [-0.3, -0.25) is 0 Å². The molecule has 0 unspecified atom stereocenters. The topological polar surface area (TPSA) is 51.8 Å². The first-order valence-corrected chi connectivity index (χ1v) is 6.02. The number of benzene rings is 1. The van der Waals surface area contributed by atoms with E-state index in [1.54, 1.807) is 6.07 Å². The molecule has 3 nitrogen and oxygen atoms in total. The molecule has 0 spiro atoms. The summed E-state index contributed by atoms with van der Waals surface area (Å²) < 4.78 is 0. The zero-order valence-electron chi connectivity index (χ0n) is 9.28. The number of rotatable bonds is 1. The first kappa shape index (κ1) is 10.5. The van der Waals surface area contributed by atoms with E-state index >= 15 is 0 Å². The van der Waals surface area contributed by atoms with E-state index in [-0.39, 0.29) is 0 Å². The molecule has 1 heterocycles. The largest absolute Gasteiger partial charge is 0.398 e. The molecule has 0 amide bonds. The number of aryl methyl sites for hydroxylation is 2. The number of nitrogens with zero attached hydrogens (tertiary/aromatic N) is 2. The fourth-order valence-corrected chi connectivity index (χ4v) is 2.25. The van der Waals surface area contributed by atoms with Crippen LogP contribution in [-0.4, -0.2) is 9.97 Å². The molecule has 2 aromatic rings. The van der Waals surface area contributed by atoms with Gasteiger partial charge in [-0.25, -0.2) is 9.97 Å². The smallest absolute Gasteiger partial charge is 0.159 e. The summed E-state index contributed by atoms with van der Waals surface area (Å²) in [5, 5.41) is 0.565. The van der Waals surface area contributed by atoms with Crippen LogP contribution in [0, 0.1) is 0 Å². The summed E-state index contributed by atoms with van der Waals surface area (Å²) in [6.45, 7) is 0. The molecular formula is C13H12ClN3. The second-order valence-corrected chi connectivity index (χ2v) is 4.66. The van der Waals surface area contributed by atoms with E-state index in [4.69, 9.17) is 17.3 Å². The van der Waals surface area contributed by atoms with Crippen molar-refractivity contribution >= 4 is 17.3 Å². The van der Waals surface area contributed by atoms with Crippen LogP contribution < -0.4 is 5.73 Å². The van der Waals surface area contributed by atoms with Gasteiger partial charge in [-0.05, 0) is 43.0 Å². The molecule has 0 saturated carbocycles. The van der Waals surface area contributed by atoms with E-state index < -0.39 is 0 Å². The van der Waals surface area contributed by atoms with E-state index in [9.17, 15) is 0 Å². The molecule has 0 aliphatic heterocycles. The predicted molar refractivity (Wildman–Crippen MR) is 68.9 cm³/mol. The maximum absolute atomic E-state index is 5.90. The van der Waals surface area contributed by atoms with Gasteiger partial charge in [0.2, 0.25) is 0 Å². The lowest BCUT2D eigenvalue weighted by Gasteiger charge is -2.05. The molecule has 1 aliphatic carbocycles. The zero-order chi connectivity index (χ0) is 11.8. The van der Waals surface area contributed by atoms with Gasteiger partial charge >= 0.3 is 0 Å². The molecule has 1 aliphatic rings. The highest BCUT2D eigenvalue weighted by atomic mass is 35.5. The Morgan fingerprint density at radius 3 is 2.94 bits per heavy atom. The molecular weight excluding hydrogens is 234 g/mol. The van der Waals surface area contributed by atoms with Gasteiger partial charge < -0.3 is 5.73 Å². The lowest BCUT2D eigenvalue weighted by atomic mass is 10.2. The van der Waals surface area contributed by atoms with Crippen LogP contribution in [-0.2, 0) is 12.8 Å². The summed E-state index contributed by atoms with van der Waals surface area (Å²) in [6, 6.07) is 5.50. The fraction of sp³-hybridized carbons (Fsp3) is 0.231. The summed E-state index contributed by atoms with van der Waals surface area (Å²) in [6.07, 6.45) is 5.25. The van der Waals surface area contributed by atoms with E-state index in [1.165, 1.54) is 17.7 Å². The summed E-state index contributed by atoms with van der Waals surface area (Å²) in [5.74, 6) is 0.731. The first-order valence-electron chi connectivity index (χ1n) is 5.64. The Labute approximate surface area is 105 Å². The Balaban J connectivity index is 2.06. The molecule has 1 aromatic carbocycles. The van der Waals surface area contributed by atoms with E-state index in [2.05, 4.69) is 9.97 Å². The number of nitrogens with two attached hydrogens (primary N) is 1. The van der Waals surface area contributed by atoms with Crippen molar-refractivity contribution in [2.24, 2.45) is 0 Å². The highest BCUT2D eigenvalue weighted by molar-refractivity contribution is 6.33. The molecule has 0 atom stereocenters. The van der Waals surface area contributed by atoms with Crippen LogP contribution in [0.4, 0.5) is 5.69 Å². The molecule has 2 N–H and O–H groups in total. The number of hydrogen-bond acceptors (Lipinski definition) is 3. The van der Waals surface area contributed by atoms with Crippen LogP contribution in [0.25, 0.3) is 11.4 Å². The van der Waals surface area contributed by atoms with Crippen molar-refractivity contribution < 1.29 is 0 Å². The van der Waals surface area contributed by atoms with Crippen LogP contribution >= 0.6 is 11.6 Å². The highest BCUT2D eigenvalue weighted by Gasteiger charge is 2.14. The second kappa shape index (κ2) is 4.00. The average molecular weight is 246 g/mol. The van der Waals surface area contributed by atoms with Crippen molar-refractivity contribution in [1.29, 1.82) is 0 Å². The quantitative estimate of drug-likeness (QED) is 0.786. The van der Waals surface area contributed by atoms with Crippen molar-refractivity contribution in [3.63, 3.8) is 0 Å². The Hall–Kier alpha value is -1.61. The lowest BCUT2D eigenvalue weighted by molar-refractivity contribution is 0.900. The summed E-state index contributed by atoms with van der Waals surface area (Å²) in [4.78, 5) is 8.97. The van der Waals surface area contributed by atoms with Gasteiger partial charge in [0.05, 0.1) is 10.7 Å². The number of aromatic nitrogens is 2. The van der Waals surface area contributed by atoms with E-state index in [0.717, 1.165) is 24.2 Å². The molecule has 86 valence electrons. The van der Waals surface area contributed by atoms with Crippen molar-refractivity contribution in [2.75, 3.05) is 5.73 Å². The molecule has 0 saturated heterocycles. The first-order chi connectivity index (χ1) is 8.24. The number of halogens is 1. The minimum atomic E-state index is 0.563. The third-order valence-corrected chi connectivity index (χ3v) is 3.41. The van der Waals surface area contributed by atoms with Crippen LogP contribution in [0.2, 0.25) is 5.02 Å². The van der Waals surface area contributed by atoms with Gasteiger partial charge in [0.25, 0.3) is 0 Å². The maximum atomic E-state index is 5.90. The Kier molecular flexibility index (Phi) is 2.48. The van der Waals surface area contributed by atoms with Crippen molar-refractivity contribution in [2.45, 2.75) is 19.3 Å². The SMILES string of the molecule is Nc1cc(-c2ncc3c(n2)CCC3)ccc1Cl. The molecule has 0 radical (unpaired) electrons. The van der Waals surface area contributed by atoms with Gasteiger partial charge in [-0.1, -0.05) is 11.6 Å². The van der Waals surface area contributed by atoms with Gasteiger partial charge in [-0.2, -0.15) is 0 Å². The second-order valence-electron chi connectivity index (χ2n) is 4.26. The zero-order valence-corrected chi connectivity index (χ0v) is 10.0. The molecule has 3 rings (SSSR count). The summed E-state index contributed by atoms with van der Waals surface area (Å²) >= 11 is 5.90. The molecule has 4 heteroatoms. The minimum Gasteiger partial charge on any atom is -0.398 e. The van der Waals surface area contributed by atoms with Crippen molar-refractivity contribution in [3.05, 3.63) is 40.7 Å². The normalized spacial score (nSPS) is 13.7. The Morgan fingerprint density at radius 2 is 2.12 bits per heavy atom.